The number of ether oxygens (including phenoxy) is 3. The largest absolute Gasteiger partial charge is 0.493 e. The van der Waals surface area contributed by atoms with Crippen molar-refractivity contribution in [1.82, 2.24) is 9.84 Å². The number of fused-ring (bicyclic) bond motifs is 2. The lowest BCUT2D eigenvalue weighted by Crippen LogP contribution is -2.56. The second-order valence-electron chi connectivity index (χ2n) is 11.8. The summed E-state index contributed by atoms with van der Waals surface area (Å²) in [5.41, 5.74) is 2.73. The third-order valence-electron chi connectivity index (χ3n) is 9.00. The third-order valence-corrected chi connectivity index (χ3v) is 9.94. The number of nitrogens with zero attached hydrogens (tertiary/aromatic N) is 2. The molecule has 0 saturated carbocycles. The molecule has 46 heavy (non-hydrogen) atoms. The minimum absolute atomic E-state index is 0.117. The molecule has 0 bridgehead atoms. The van der Waals surface area contributed by atoms with Crippen molar-refractivity contribution in [3.05, 3.63) is 108 Å². The molecule has 240 valence electrons. The molecule has 1 fully saturated rings. The molecule has 6 rings (SSSR count). The van der Waals surface area contributed by atoms with Gasteiger partial charge in [-0.1, -0.05) is 54.6 Å². The maximum absolute atomic E-state index is 15.6. The van der Waals surface area contributed by atoms with Crippen LogP contribution in [0, 0.1) is 0 Å². The van der Waals surface area contributed by atoms with Crippen LogP contribution in [0.3, 0.4) is 0 Å². The highest BCUT2D eigenvalue weighted by Gasteiger charge is 2.45. The summed E-state index contributed by atoms with van der Waals surface area (Å²) < 4.78 is 36.4. The molecule has 0 aliphatic carbocycles. The van der Waals surface area contributed by atoms with E-state index in [1.165, 1.54) is 11.9 Å². The molecule has 0 amide bonds. The van der Waals surface area contributed by atoms with Gasteiger partial charge in [0.1, 0.15) is 17.8 Å². The number of methoxy groups -OCH3 is 2. The first kappa shape index (κ1) is 31.9. The van der Waals surface area contributed by atoms with Gasteiger partial charge in [0.25, 0.3) is 0 Å². The quantitative estimate of drug-likeness (QED) is 0.0694. The smallest absolute Gasteiger partial charge is 0.161 e. The molecule has 1 N–H and O–H groups in total. The van der Waals surface area contributed by atoms with Gasteiger partial charge in [-0.05, 0) is 73.7 Å². The summed E-state index contributed by atoms with van der Waals surface area (Å²) in [7, 11) is 3.23. The van der Waals surface area contributed by atoms with Gasteiger partial charge in [-0.25, -0.2) is 0 Å². The van der Waals surface area contributed by atoms with E-state index in [2.05, 4.69) is 33.9 Å². The number of nitrogens with one attached hydrogen (secondary N) is 1. The Hall–Kier alpha value is -4.05. The second-order valence-corrected chi connectivity index (χ2v) is 12.8. The number of carbonyl (C=O) groups excluding carboxylic acids is 1. The maximum Gasteiger partial charge on any atom is 0.161 e. The van der Waals surface area contributed by atoms with Crippen LogP contribution in [0.5, 0.6) is 23.0 Å². The Balaban J connectivity index is 1.34. The molecule has 2 heterocycles. The first-order valence-corrected chi connectivity index (χ1v) is 16.5. The summed E-state index contributed by atoms with van der Waals surface area (Å²) in [6, 6.07) is 32.2. The Morgan fingerprint density at radius 1 is 0.935 bits per heavy atom. The molecule has 0 radical (unpaired) electrons. The van der Waals surface area contributed by atoms with Crippen LogP contribution in [0.15, 0.2) is 102 Å². The van der Waals surface area contributed by atoms with Crippen molar-refractivity contribution in [2.24, 2.45) is 0 Å². The second kappa shape index (κ2) is 14.6. The molecule has 0 aromatic heterocycles. The van der Waals surface area contributed by atoms with Crippen LogP contribution in [0.25, 0.3) is 0 Å². The molecule has 2 atom stereocenters. The van der Waals surface area contributed by atoms with E-state index in [-0.39, 0.29) is 25.2 Å². The number of rotatable bonds is 13. The average molecular weight is 642 g/mol. The Morgan fingerprint density at radius 3 is 2.28 bits per heavy atom. The van der Waals surface area contributed by atoms with Crippen molar-refractivity contribution >= 4 is 23.9 Å². The van der Waals surface area contributed by atoms with Gasteiger partial charge in [0.05, 0.1) is 14.2 Å². The van der Waals surface area contributed by atoms with Crippen molar-refractivity contribution in [2.75, 3.05) is 38.8 Å². The van der Waals surface area contributed by atoms with E-state index >= 15 is 4.48 Å². The number of para-hydroxylation sites is 3. The zero-order chi connectivity index (χ0) is 31.9. The molecule has 4 aromatic carbocycles. The SMILES string of the molecule is COc1ccc(SNC2CC(N(CC3(CCCC=O)c4ccccc4Oc4ccccc43)c3ccccc3)CN(F)C2)cc1OC. The summed E-state index contributed by atoms with van der Waals surface area (Å²) in [5, 5.41) is 0.932. The van der Waals surface area contributed by atoms with Crippen molar-refractivity contribution in [3.8, 4) is 23.0 Å². The van der Waals surface area contributed by atoms with E-state index in [0.29, 0.717) is 24.5 Å². The minimum atomic E-state index is -0.486. The van der Waals surface area contributed by atoms with Crippen LogP contribution in [0.2, 0.25) is 0 Å². The number of hydrogen-bond donors (Lipinski definition) is 1. The molecule has 4 aromatic rings. The Bertz CT molecular complexity index is 1580. The van der Waals surface area contributed by atoms with Gasteiger partial charge in [0.15, 0.2) is 11.5 Å². The highest BCUT2D eigenvalue weighted by Crippen LogP contribution is 2.51. The summed E-state index contributed by atoms with van der Waals surface area (Å²) in [4.78, 5) is 14.9. The van der Waals surface area contributed by atoms with E-state index in [4.69, 9.17) is 14.2 Å². The number of unbranched alkanes of at least 4 members (excludes halogenated alkanes) is 1. The van der Waals surface area contributed by atoms with Crippen LogP contribution in [-0.4, -0.2) is 57.3 Å². The molecule has 7 nitrogen and oxygen atoms in total. The number of carbonyl (C=O) groups is 1. The first-order valence-electron chi connectivity index (χ1n) is 15.7. The summed E-state index contributed by atoms with van der Waals surface area (Å²) in [6.45, 7) is 1.16. The third kappa shape index (κ3) is 6.72. The summed E-state index contributed by atoms with van der Waals surface area (Å²) >= 11 is 1.47. The molecule has 2 aliphatic heterocycles. The fraction of sp³-hybridized carbons (Fsp3) is 0.324. The van der Waals surface area contributed by atoms with Crippen LogP contribution in [-0.2, 0) is 10.2 Å². The van der Waals surface area contributed by atoms with Crippen LogP contribution in [0.4, 0.5) is 10.2 Å². The van der Waals surface area contributed by atoms with E-state index in [9.17, 15) is 4.79 Å². The average Bonchev–Trinajstić information content (AvgIpc) is 3.09. The number of benzene rings is 4. The van der Waals surface area contributed by atoms with Gasteiger partial charge in [0, 0.05) is 65.3 Å². The van der Waals surface area contributed by atoms with E-state index in [1.54, 1.807) is 14.2 Å². The lowest BCUT2D eigenvalue weighted by molar-refractivity contribution is -0.108. The highest BCUT2D eigenvalue weighted by molar-refractivity contribution is 7.97. The van der Waals surface area contributed by atoms with Gasteiger partial charge < -0.3 is 23.9 Å². The fourth-order valence-electron chi connectivity index (χ4n) is 6.88. The predicted octanol–water partition coefficient (Wildman–Crippen LogP) is 7.60. The zero-order valence-corrected chi connectivity index (χ0v) is 27.0. The number of halogens is 1. The van der Waals surface area contributed by atoms with E-state index in [0.717, 1.165) is 63.9 Å². The van der Waals surface area contributed by atoms with Gasteiger partial charge in [0.2, 0.25) is 0 Å². The van der Waals surface area contributed by atoms with Crippen LogP contribution in [0.1, 0.15) is 36.8 Å². The normalized spacial score (nSPS) is 18.5. The fourth-order valence-corrected chi connectivity index (χ4v) is 7.65. The van der Waals surface area contributed by atoms with Crippen molar-refractivity contribution < 1.29 is 23.5 Å². The lowest BCUT2D eigenvalue weighted by atomic mass is 9.68. The summed E-state index contributed by atoms with van der Waals surface area (Å²) in [6.07, 6.45) is 3.67. The number of hydrogen-bond acceptors (Lipinski definition) is 8. The number of anilines is 1. The molecule has 2 aliphatic rings. The Labute approximate surface area is 274 Å². The first-order chi connectivity index (χ1) is 22.5. The minimum Gasteiger partial charge on any atom is -0.493 e. The highest BCUT2D eigenvalue weighted by atomic mass is 32.2. The predicted molar refractivity (Wildman–Crippen MR) is 181 cm³/mol. The van der Waals surface area contributed by atoms with Gasteiger partial charge in [-0.15, -0.1) is 9.60 Å². The molecule has 9 heteroatoms. The maximum atomic E-state index is 15.6. The molecular weight excluding hydrogens is 601 g/mol. The Kier molecular flexibility index (Phi) is 10.1. The molecule has 2 unspecified atom stereocenters. The number of piperidine rings is 1. The van der Waals surface area contributed by atoms with Gasteiger partial charge in [-0.3, -0.25) is 4.72 Å². The summed E-state index contributed by atoms with van der Waals surface area (Å²) in [5.74, 6) is 2.95. The topological polar surface area (TPSA) is 63.3 Å². The van der Waals surface area contributed by atoms with E-state index in [1.807, 2.05) is 72.8 Å². The van der Waals surface area contributed by atoms with Crippen molar-refractivity contribution in [1.29, 1.82) is 0 Å². The standard InChI is InChI=1S/C37H40FN3O4S/c1-43-35-19-18-30(23-36(35)44-2)46-39-27-22-29(25-40(38)24-27)41(28-12-4-3-5-13-28)26-37(20-10-11-21-42)31-14-6-8-16-33(31)45-34-17-9-7-15-32(34)37/h3-9,12-19,21,23,27,29,39H,10-11,20,22,24-26H2,1-2H3. The van der Waals surface area contributed by atoms with E-state index < -0.39 is 5.41 Å². The van der Waals surface area contributed by atoms with Crippen LogP contribution >= 0.6 is 11.9 Å². The van der Waals surface area contributed by atoms with Crippen LogP contribution < -0.4 is 23.8 Å². The number of aldehydes is 1. The molecule has 0 spiro atoms. The molecule has 1 saturated heterocycles. The van der Waals surface area contributed by atoms with Gasteiger partial charge >= 0.3 is 0 Å². The van der Waals surface area contributed by atoms with Gasteiger partial charge in [-0.2, -0.15) is 0 Å². The Morgan fingerprint density at radius 2 is 1.61 bits per heavy atom. The van der Waals surface area contributed by atoms with Crippen molar-refractivity contribution in [3.63, 3.8) is 0 Å². The zero-order valence-electron chi connectivity index (χ0n) is 26.2. The monoisotopic (exact) mass is 641 g/mol. The lowest BCUT2D eigenvalue weighted by Gasteiger charge is -2.48. The molecular formula is C37H40FN3O4S. The van der Waals surface area contributed by atoms with Crippen molar-refractivity contribution in [2.45, 2.75) is 48.1 Å².